The molecule has 0 fully saturated rings. The Labute approximate surface area is 126 Å². The van der Waals surface area contributed by atoms with E-state index in [4.69, 9.17) is 5.73 Å². The van der Waals surface area contributed by atoms with Crippen LogP contribution in [-0.2, 0) is 11.3 Å². The SMILES string of the molecule is Cc1cc(N)nc(SCC(=O)NCc2ccc(F)cc2)n1. The molecule has 3 N–H and O–H groups in total. The summed E-state index contributed by atoms with van der Waals surface area (Å²) >= 11 is 1.22. The number of aromatic nitrogens is 2. The number of carbonyl (C=O) groups is 1. The quantitative estimate of drug-likeness (QED) is 0.651. The van der Waals surface area contributed by atoms with Crippen molar-refractivity contribution >= 4 is 23.5 Å². The lowest BCUT2D eigenvalue weighted by Crippen LogP contribution is -2.24. The van der Waals surface area contributed by atoms with Crippen LogP contribution in [0.5, 0.6) is 0 Å². The number of hydrogen-bond acceptors (Lipinski definition) is 5. The van der Waals surface area contributed by atoms with Crippen molar-refractivity contribution in [2.45, 2.75) is 18.6 Å². The van der Waals surface area contributed by atoms with Crippen LogP contribution in [0.4, 0.5) is 10.2 Å². The molecule has 21 heavy (non-hydrogen) atoms. The minimum absolute atomic E-state index is 0.145. The average Bonchev–Trinajstić information content (AvgIpc) is 2.43. The van der Waals surface area contributed by atoms with Crippen LogP contribution in [0, 0.1) is 12.7 Å². The van der Waals surface area contributed by atoms with Crippen molar-refractivity contribution in [3.05, 3.63) is 47.4 Å². The number of amides is 1. The molecular formula is C14H15FN4OS. The number of aryl methyl sites for hydroxylation is 1. The van der Waals surface area contributed by atoms with E-state index in [0.29, 0.717) is 17.5 Å². The number of nitrogens with zero attached hydrogens (tertiary/aromatic N) is 2. The van der Waals surface area contributed by atoms with E-state index in [2.05, 4.69) is 15.3 Å². The zero-order chi connectivity index (χ0) is 15.2. The van der Waals surface area contributed by atoms with Gasteiger partial charge in [0.05, 0.1) is 5.75 Å². The predicted octanol–water partition coefficient (Wildman–Crippen LogP) is 1.91. The number of nitrogens with two attached hydrogens (primary N) is 1. The van der Waals surface area contributed by atoms with Gasteiger partial charge in [0, 0.05) is 18.3 Å². The fourth-order valence-corrected chi connectivity index (χ4v) is 2.35. The molecule has 0 atom stereocenters. The Balaban J connectivity index is 1.80. The van der Waals surface area contributed by atoms with Gasteiger partial charge in [0.1, 0.15) is 11.6 Å². The molecule has 2 rings (SSSR count). The first-order valence-electron chi connectivity index (χ1n) is 6.28. The van der Waals surface area contributed by atoms with Crippen LogP contribution >= 0.6 is 11.8 Å². The fourth-order valence-electron chi connectivity index (χ4n) is 1.61. The second kappa shape index (κ2) is 7.03. The van der Waals surface area contributed by atoms with Crippen LogP contribution in [0.3, 0.4) is 0 Å². The number of carbonyl (C=O) groups excluding carboxylic acids is 1. The largest absolute Gasteiger partial charge is 0.384 e. The number of anilines is 1. The third-order valence-electron chi connectivity index (χ3n) is 2.59. The minimum Gasteiger partial charge on any atom is -0.384 e. The molecule has 0 aliphatic rings. The maximum Gasteiger partial charge on any atom is 0.230 e. The highest BCUT2D eigenvalue weighted by Crippen LogP contribution is 2.14. The van der Waals surface area contributed by atoms with Crippen LogP contribution in [0.25, 0.3) is 0 Å². The first kappa shape index (κ1) is 15.2. The molecule has 0 bridgehead atoms. The lowest BCUT2D eigenvalue weighted by molar-refractivity contribution is -0.118. The van der Waals surface area contributed by atoms with Gasteiger partial charge in [-0.3, -0.25) is 4.79 Å². The predicted molar refractivity (Wildman–Crippen MR) is 80.2 cm³/mol. The monoisotopic (exact) mass is 306 g/mol. The molecule has 7 heteroatoms. The highest BCUT2D eigenvalue weighted by Gasteiger charge is 2.06. The van der Waals surface area contributed by atoms with Gasteiger partial charge in [-0.1, -0.05) is 23.9 Å². The second-order valence-electron chi connectivity index (χ2n) is 4.41. The molecule has 0 aliphatic heterocycles. The first-order valence-corrected chi connectivity index (χ1v) is 7.26. The molecular weight excluding hydrogens is 291 g/mol. The molecule has 0 saturated heterocycles. The molecule has 0 unspecified atom stereocenters. The molecule has 1 aromatic carbocycles. The second-order valence-corrected chi connectivity index (χ2v) is 5.35. The summed E-state index contributed by atoms with van der Waals surface area (Å²) < 4.78 is 12.7. The van der Waals surface area contributed by atoms with Crippen LogP contribution in [0.15, 0.2) is 35.5 Å². The van der Waals surface area contributed by atoms with Gasteiger partial charge >= 0.3 is 0 Å². The Kier molecular flexibility index (Phi) is 5.10. The maximum absolute atomic E-state index is 12.7. The molecule has 2 aromatic rings. The number of halogens is 1. The third kappa shape index (κ3) is 5.03. The molecule has 1 amide bonds. The zero-order valence-electron chi connectivity index (χ0n) is 11.5. The van der Waals surface area contributed by atoms with Gasteiger partial charge in [-0.15, -0.1) is 0 Å². The van der Waals surface area contributed by atoms with Crippen LogP contribution in [-0.4, -0.2) is 21.6 Å². The number of nitrogens with one attached hydrogen (secondary N) is 1. The van der Waals surface area contributed by atoms with Crippen molar-refractivity contribution in [3.63, 3.8) is 0 Å². The summed E-state index contributed by atoms with van der Waals surface area (Å²) in [7, 11) is 0. The van der Waals surface area contributed by atoms with E-state index < -0.39 is 0 Å². The molecule has 0 aliphatic carbocycles. The molecule has 110 valence electrons. The minimum atomic E-state index is -0.296. The zero-order valence-corrected chi connectivity index (χ0v) is 12.3. The van der Waals surface area contributed by atoms with Crippen molar-refractivity contribution in [3.8, 4) is 0 Å². The summed E-state index contributed by atoms with van der Waals surface area (Å²) in [5.74, 6) is 0.143. The van der Waals surface area contributed by atoms with Crippen molar-refractivity contribution < 1.29 is 9.18 Å². The van der Waals surface area contributed by atoms with Gasteiger partial charge in [0.15, 0.2) is 5.16 Å². The fraction of sp³-hybridized carbons (Fsp3) is 0.214. The Morgan fingerprint density at radius 1 is 1.33 bits per heavy atom. The van der Waals surface area contributed by atoms with Crippen molar-refractivity contribution in [1.29, 1.82) is 0 Å². The topological polar surface area (TPSA) is 80.9 Å². The summed E-state index contributed by atoms with van der Waals surface area (Å²) in [6, 6.07) is 7.65. The van der Waals surface area contributed by atoms with E-state index in [0.717, 1.165) is 11.3 Å². The Morgan fingerprint density at radius 3 is 2.71 bits per heavy atom. The highest BCUT2D eigenvalue weighted by atomic mass is 32.2. The first-order chi connectivity index (χ1) is 10.0. The normalized spacial score (nSPS) is 10.4. The lowest BCUT2D eigenvalue weighted by atomic mass is 10.2. The highest BCUT2D eigenvalue weighted by molar-refractivity contribution is 7.99. The summed E-state index contributed by atoms with van der Waals surface area (Å²) in [4.78, 5) is 20.0. The standard InChI is InChI=1S/C14H15FN4OS/c1-9-6-12(16)19-14(18-9)21-8-13(20)17-7-10-2-4-11(15)5-3-10/h2-6H,7-8H2,1H3,(H,17,20)(H2,16,18,19). The Bertz CT molecular complexity index is 613. The number of benzene rings is 1. The van der Waals surface area contributed by atoms with E-state index in [-0.39, 0.29) is 17.5 Å². The van der Waals surface area contributed by atoms with E-state index >= 15 is 0 Å². The number of rotatable bonds is 5. The van der Waals surface area contributed by atoms with E-state index in [1.54, 1.807) is 18.2 Å². The van der Waals surface area contributed by atoms with Crippen molar-refractivity contribution in [2.75, 3.05) is 11.5 Å². The van der Waals surface area contributed by atoms with Crippen molar-refractivity contribution in [2.24, 2.45) is 0 Å². The van der Waals surface area contributed by atoms with Crippen LogP contribution in [0.2, 0.25) is 0 Å². The summed E-state index contributed by atoms with van der Waals surface area (Å²) in [5, 5.41) is 3.23. The Morgan fingerprint density at radius 2 is 2.05 bits per heavy atom. The molecule has 1 aromatic heterocycles. The molecule has 0 spiro atoms. The lowest BCUT2D eigenvalue weighted by Gasteiger charge is -2.05. The number of nitrogen functional groups attached to an aromatic ring is 1. The average molecular weight is 306 g/mol. The smallest absolute Gasteiger partial charge is 0.230 e. The Hall–Kier alpha value is -2.15. The molecule has 1 heterocycles. The summed E-state index contributed by atoms with van der Waals surface area (Å²) in [6.07, 6.45) is 0. The van der Waals surface area contributed by atoms with Crippen molar-refractivity contribution in [1.82, 2.24) is 15.3 Å². The number of thioether (sulfide) groups is 1. The van der Waals surface area contributed by atoms with E-state index in [1.807, 2.05) is 6.92 Å². The van der Waals surface area contributed by atoms with Gasteiger partial charge in [0.25, 0.3) is 0 Å². The molecule has 0 saturated carbocycles. The van der Waals surface area contributed by atoms with E-state index in [9.17, 15) is 9.18 Å². The number of hydrogen-bond donors (Lipinski definition) is 2. The van der Waals surface area contributed by atoms with Gasteiger partial charge in [-0.25, -0.2) is 14.4 Å². The summed E-state index contributed by atoms with van der Waals surface area (Å²) in [6.45, 7) is 2.17. The summed E-state index contributed by atoms with van der Waals surface area (Å²) in [5.41, 5.74) is 7.22. The van der Waals surface area contributed by atoms with Crippen LogP contribution < -0.4 is 11.1 Å². The molecule has 5 nitrogen and oxygen atoms in total. The molecule has 0 radical (unpaired) electrons. The van der Waals surface area contributed by atoms with E-state index in [1.165, 1.54) is 23.9 Å². The van der Waals surface area contributed by atoms with Gasteiger partial charge in [0.2, 0.25) is 5.91 Å². The van der Waals surface area contributed by atoms with Crippen LogP contribution in [0.1, 0.15) is 11.3 Å². The maximum atomic E-state index is 12.7. The van der Waals surface area contributed by atoms with Gasteiger partial charge in [-0.2, -0.15) is 0 Å². The van der Waals surface area contributed by atoms with Gasteiger partial charge in [-0.05, 0) is 24.6 Å². The third-order valence-corrected chi connectivity index (χ3v) is 3.44. The van der Waals surface area contributed by atoms with Gasteiger partial charge < -0.3 is 11.1 Å².